The van der Waals surface area contributed by atoms with E-state index in [1.807, 2.05) is 0 Å². The van der Waals surface area contributed by atoms with Gasteiger partial charge in [0.2, 0.25) is 0 Å². The standard InChI is InChI=1S/2C6H12N.O.Sn/c2*7-6-4-2-1-3-5-6;;/h2*4,6H,1-3,5,7H2;;. The van der Waals surface area contributed by atoms with Gasteiger partial charge < -0.3 is 0 Å². The second-order valence-corrected chi connectivity index (χ2v) is 12.0. The molecule has 16 heavy (non-hydrogen) atoms. The van der Waals surface area contributed by atoms with Gasteiger partial charge in [-0.1, -0.05) is 0 Å². The van der Waals surface area contributed by atoms with E-state index in [2.05, 4.69) is 0 Å². The van der Waals surface area contributed by atoms with Gasteiger partial charge in [0.05, 0.1) is 0 Å². The van der Waals surface area contributed by atoms with Gasteiger partial charge in [0.15, 0.2) is 0 Å². The van der Waals surface area contributed by atoms with Gasteiger partial charge in [-0.25, -0.2) is 0 Å². The maximum absolute atomic E-state index is 12.7. The van der Waals surface area contributed by atoms with E-state index in [1.165, 1.54) is 25.7 Å². The van der Waals surface area contributed by atoms with Crippen LogP contribution in [0.5, 0.6) is 0 Å². The molecule has 2 rings (SSSR count). The average molecular weight is 331 g/mol. The molecule has 0 aromatic rings. The summed E-state index contributed by atoms with van der Waals surface area (Å²) in [6.07, 6.45) is 9.30. The second kappa shape index (κ2) is 5.91. The predicted octanol–water partition coefficient (Wildman–Crippen LogP) is 1.95. The molecule has 2 saturated carbocycles. The van der Waals surface area contributed by atoms with Crippen LogP contribution in [-0.2, 0) is 3.08 Å². The number of hydrogen-bond acceptors (Lipinski definition) is 3. The molecular weight excluding hydrogens is 307 g/mol. The van der Waals surface area contributed by atoms with Gasteiger partial charge in [-0.05, 0) is 0 Å². The SMILES string of the molecule is NC1CCCC[CH]1[Sn](=[O])[CH]1CCCCC1N. The average Bonchev–Trinajstić information content (AvgIpc) is 2.29. The first-order valence-electron chi connectivity index (χ1n) is 6.75. The molecule has 0 saturated heterocycles. The molecule has 0 aliphatic heterocycles. The fourth-order valence-corrected chi connectivity index (χ4v) is 11.0. The Bertz CT molecular complexity index is 235. The Labute approximate surface area is 105 Å². The monoisotopic (exact) mass is 332 g/mol. The van der Waals surface area contributed by atoms with Crippen molar-refractivity contribution in [2.45, 2.75) is 71.3 Å². The molecule has 0 radical (unpaired) electrons. The quantitative estimate of drug-likeness (QED) is 0.760. The van der Waals surface area contributed by atoms with E-state index in [9.17, 15) is 3.08 Å². The molecule has 92 valence electrons. The third kappa shape index (κ3) is 2.85. The van der Waals surface area contributed by atoms with Gasteiger partial charge in [0, 0.05) is 0 Å². The summed E-state index contributed by atoms with van der Waals surface area (Å²) in [5.41, 5.74) is 12.3. The first kappa shape index (κ1) is 13.0. The van der Waals surface area contributed by atoms with Crippen LogP contribution in [0.15, 0.2) is 0 Å². The second-order valence-electron chi connectivity index (χ2n) is 5.51. The van der Waals surface area contributed by atoms with E-state index in [-0.39, 0.29) is 12.1 Å². The molecule has 2 aliphatic rings. The van der Waals surface area contributed by atoms with Gasteiger partial charge in [-0.2, -0.15) is 0 Å². The summed E-state index contributed by atoms with van der Waals surface area (Å²) in [5, 5.41) is 0. The van der Waals surface area contributed by atoms with E-state index in [1.54, 1.807) is 0 Å². The summed E-state index contributed by atoms with van der Waals surface area (Å²) in [7, 11) is 0. The molecule has 0 heterocycles. The van der Waals surface area contributed by atoms with Crippen molar-refractivity contribution >= 4 is 19.7 Å². The van der Waals surface area contributed by atoms with Crippen molar-refractivity contribution in [2.75, 3.05) is 0 Å². The molecule has 4 N–H and O–H groups in total. The zero-order valence-electron chi connectivity index (χ0n) is 10.0. The van der Waals surface area contributed by atoms with Crippen LogP contribution in [0.1, 0.15) is 51.4 Å². The van der Waals surface area contributed by atoms with Crippen molar-refractivity contribution in [1.29, 1.82) is 0 Å². The molecule has 4 unspecified atom stereocenters. The van der Waals surface area contributed by atoms with Crippen molar-refractivity contribution in [2.24, 2.45) is 11.5 Å². The van der Waals surface area contributed by atoms with Crippen molar-refractivity contribution in [3.05, 3.63) is 0 Å². The Morgan fingerprint density at radius 1 is 0.750 bits per heavy atom. The fourth-order valence-electron chi connectivity index (χ4n) is 3.30. The van der Waals surface area contributed by atoms with E-state index in [0.29, 0.717) is 7.87 Å². The molecule has 3 nitrogen and oxygen atoms in total. The van der Waals surface area contributed by atoms with E-state index < -0.39 is 19.7 Å². The molecule has 2 fully saturated rings. The van der Waals surface area contributed by atoms with Crippen LogP contribution in [-0.4, -0.2) is 31.8 Å². The maximum atomic E-state index is 12.7. The zero-order chi connectivity index (χ0) is 11.5. The van der Waals surface area contributed by atoms with Gasteiger partial charge >= 0.3 is 106 Å². The van der Waals surface area contributed by atoms with Gasteiger partial charge in [0.25, 0.3) is 0 Å². The molecule has 2 aliphatic carbocycles. The minimum atomic E-state index is -2.59. The van der Waals surface area contributed by atoms with Crippen LogP contribution < -0.4 is 11.5 Å². The van der Waals surface area contributed by atoms with E-state index in [0.717, 1.165) is 25.7 Å². The Kier molecular flexibility index (Phi) is 4.79. The van der Waals surface area contributed by atoms with Crippen LogP contribution in [0.25, 0.3) is 0 Å². The summed E-state index contributed by atoms with van der Waals surface area (Å²) in [5.74, 6) is 0. The molecule has 4 atom stereocenters. The van der Waals surface area contributed by atoms with Crippen molar-refractivity contribution in [1.82, 2.24) is 0 Å². The van der Waals surface area contributed by atoms with Crippen molar-refractivity contribution in [3.8, 4) is 0 Å². The normalized spacial score (nSPS) is 40.6. The molecule has 0 bridgehead atoms. The van der Waals surface area contributed by atoms with Crippen LogP contribution in [0.2, 0.25) is 7.87 Å². The van der Waals surface area contributed by atoms with Crippen molar-refractivity contribution in [3.63, 3.8) is 0 Å². The van der Waals surface area contributed by atoms with Crippen LogP contribution >= 0.6 is 0 Å². The molecule has 0 aromatic heterocycles. The fraction of sp³-hybridized carbons (Fsp3) is 1.00. The third-order valence-corrected chi connectivity index (χ3v) is 12.6. The van der Waals surface area contributed by atoms with Gasteiger partial charge in [-0.15, -0.1) is 0 Å². The predicted molar refractivity (Wildman–Crippen MR) is 66.8 cm³/mol. The van der Waals surface area contributed by atoms with E-state index >= 15 is 0 Å². The number of hydrogen-bond donors (Lipinski definition) is 2. The molecule has 0 amide bonds. The first-order chi connectivity index (χ1) is 7.70. The number of nitrogens with two attached hydrogens (primary N) is 2. The summed E-state index contributed by atoms with van der Waals surface area (Å²) in [4.78, 5) is 0. The Morgan fingerprint density at radius 3 is 1.50 bits per heavy atom. The number of rotatable bonds is 2. The Hall–Kier alpha value is 0.519. The zero-order valence-corrected chi connectivity index (χ0v) is 12.9. The topological polar surface area (TPSA) is 69.1 Å². The van der Waals surface area contributed by atoms with Crippen LogP contribution in [0.3, 0.4) is 0 Å². The minimum absolute atomic E-state index is 0.217. The van der Waals surface area contributed by atoms with Crippen LogP contribution in [0.4, 0.5) is 0 Å². The van der Waals surface area contributed by atoms with Gasteiger partial charge in [0.1, 0.15) is 0 Å². The summed E-state index contributed by atoms with van der Waals surface area (Å²) < 4.78 is 13.5. The molecule has 0 aromatic carbocycles. The van der Waals surface area contributed by atoms with Gasteiger partial charge in [-0.3, -0.25) is 0 Å². The van der Waals surface area contributed by atoms with E-state index in [4.69, 9.17) is 11.5 Å². The summed E-state index contributed by atoms with van der Waals surface area (Å²) in [6, 6.07) is 0.435. The first-order valence-corrected chi connectivity index (χ1v) is 11.2. The van der Waals surface area contributed by atoms with Crippen LogP contribution in [0, 0.1) is 0 Å². The molecular formula is C12H24N2OSn. The Balaban J connectivity index is 1.99. The molecule has 4 heteroatoms. The summed E-state index contributed by atoms with van der Waals surface area (Å²) in [6.45, 7) is 0. The third-order valence-electron chi connectivity index (χ3n) is 4.37. The van der Waals surface area contributed by atoms with Crippen molar-refractivity contribution < 1.29 is 3.08 Å². The Morgan fingerprint density at radius 2 is 1.12 bits per heavy atom. The summed E-state index contributed by atoms with van der Waals surface area (Å²) >= 11 is -2.59. The molecule has 0 spiro atoms.